The quantitative estimate of drug-likeness (QED) is 0.0470. The molecule has 10 aromatic rings. The van der Waals surface area contributed by atoms with Gasteiger partial charge >= 0.3 is 18.3 Å². The Bertz CT molecular complexity index is 4400. The molecule has 504 valence electrons. The van der Waals surface area contributed by atoms with Crippen molar-refractivity contribution in [1.29, 1.82) is 0 Å². The molecule has 2 saturated heterocycles. The lowest BCUT2D eigenvalue weighted by molar-refractivity contribution is -0.138. The number of rotatable bonds is 19. The number of anilines is 6. The zero-order chi connectivity index (χ0) is 69.0. The fourth-order valence-corrected chi connectivity index (χ4v) is 10.6. The number of likely N-dealkylation sites (tertiary alicyclic amines) is 2. The molecule has 0 aliphatic carbocycles. The number of amides is 3. The standard InChI is InChI=1S/C34H32F3N7O4.C28H29N5O5.C6H5F3N2/c1-3-29(45)43-17-14-26(20-43)48-33-30-27(13-16-39-31(30)44(42-33)19-21-4-10-25(47-2)11-5-21)40-24-8-6-22(7-9-24)32(46)41-28-18-23(12-15-38-28)34(35,36)37;1-3-24(34)32-15-13-22(17-32)38-27-25-23(30-20-8-6-19(7-9-20)28(35)36)12-14-29-26(25)33(31-27)16-18-4-10-21(37-2)11-5-18;7-6(8,9)4-1-2-11-5(10)3-4/h4-13,15-16,18,26H,3,14,17,19-20H2,1-2H3,(H,39,40)(H,38,41,46);4-12,14,22H,3,13,15-17H2,1-2H3,(H,29,30)(H,35,36);1-3H,(H2,10,11)/t26-;22-;/m11./s1. The number of nitrogen functional groups attached to an aromatic ring is 1. The molecule has 8 heterocycles. The summed E-state index contributed by atoms with van der Waals surface area (Å²) < 4.78 is 102. The van der Waals surface area contributed by atoms with Gasteiger partial charge < -0.3 is 55.5 Å². The third kappa shape index (κ3) is 17.3. The number of pyridine rings is 4. The van der Waals surface area contributed by atoms with Crippen LogP contribution < -0.4 is 40.6 Å². The van der Waals surface area contributed by atoms with Gasteiger partial charge in [0.1, 0.15) is 46.1 Å². The van der Waals surface area contributed by atoms with Crippen LogP contribution in [0.15, 0.2) is 158 Å². The number of alkyl halides is 6. The molecule has 6 aromatic heterocycles. The second-order valence-corrected chi connectivity index (χ2v) is 22.2. The van der Waals surface area contributed by atoms with Crippen molar-refractivity contribution in [3.05, 3.63) is 192 Å². The Hall–Kier alpha value is -11.5. The number of ether oxygens (including phenoxy) is 4. The molecule has 2 fully saturated rings. The van der Waals surface area contributed by atoms with Crippen LogP contribution in [0.25, 0.3) is 22.1 Å². The summed E-state index contributed by atoms with van der Waals surface area (Å²) in [6, 6.07) is 35.2. The van der Waals surface area contributed by atoms with Gasteiger partial charge in [-0.05, 0) is 120 Å². The molecule has 0 saturated carbocycles. The van der Waals surface area contributed by atoms with E-state index in [1.807, 2.05) is 73.3 Å². The summed E-state index contributed by atoms with van der Waals surface area (Å²) in [6.45, 7) is 6.81. The molecule has 4 aromatic carbocycles. The van der Waals surface area contributed by atoms with E-state index in [-0.39, 0.29) is 46.8 Å². The van der Waals surface area contributed by atoms with Crippen molar-refractivity contribution in [2.24, 2.45) is 0 Å². The fourth-order valence-electron chi connectivity index (χ4n) is 10.6. The van der Waals surface area contributed by atoms with Crippen LogP contribution >= 0.6 is 0 Å². The fraction of sp³-hybridized carbons (Fsp3) is 0.265. The first-order valence-electron chi connectivity index (χ1n) is 30.5. The van der Waals surface area contributed by atoms with E-state index in [1.54, 1.807) is 95.5 Å². The number of hydrogen-bond donors (Lipinski definition) is 5. The summed E-state index contributed by atoms with van der Waals surface area (Å²) in [5.41, 5.74) is 9.74. The Balaban J connectivity index is 0.000000185. The van der Waals surface area contributed by atoms with Gasteiger partial charge in [0.2, 0.25) is 23.6 Å². The molecule has 2 aliphatic heterocycles. The molecule has 29 heteroatoms. The van der Waals surface area contributed by atoms with Crippen molar-refractivity contribution in [2.75, 3.05) is 62.1 Å². The lowest BCUT2D eigenvalue weighted by atomic mass is 10.1. The Morgan fingerprint density at radius 1 is 0.557 bits per heavy atom. The van der Waals surface area contributed by atoms with E-state index < -0.39 is 35.4 Å². The topological polar surface area (TPSA) is 281 Å². The normalized spacial score (nSPS) is 14.4. The zero-order valence-electron chi connectivity index (χ0n) is 52.8. The predicted molar refractivity (Wildman–Crippen MR) is 348 cm³/mol. The van der Waals surface area contributed by atoms with Gasteiger partial charge in [0, 0.05) is 80.5 Å². The van der Waals surface area contributed by atoms with E-state index in [1.165, 1.54) is 0 Å². The average Bonchev–Trinajstić information content (AvgIpc) is 1.64. The number of carbonyl (C=O) groups excluding carboxylic acids is 3. The van der Waals surface area contributed by atoms with Gasteiger partial charge in [-0.25, -0.2) is 34.1 Å². The van der Waals surface area contributed by atoms with E-state index >= 15 is 0 Å². The van der Waals surface area contributed by atoms with E-state index in [0.717, 1.165) is 77.1 Å². The van der Waals surface area contributed by atoms with E-state index in [9.17, 15) is 50.6 Å². The number of halogens is 6. The number of fused-ring (bicyclic) bond motifs is 2. The van der Waals surface area contributed by atoms with Crippen LogP contribution in [0.4, 0.5) is 60.7 Å². The van der Waals surface area contributed by atoms with Crippen molar-refractivity contribution in [3.63, 3.8) is 0 Å². The summed E-state index contributed by atoms with van der Waals surface area (Å²) in [4.78, 5) is 68.6. The van der Waals surface area contributed by atoms with E-state index in [4.69, 9.17) is 34.9 Å². The molecule has 97 heavy (non-hydrogen) atoms. The van der Waals surface area contributed by atoms with Crippen LogP contribution in [0.3, 0.4) is 0 Å². The molecule has 0 bridgehead atoms. The van der Waals surface area contributed by atoms with Crippen LogP contribution in [0, 0.1) is 0 Å². The highest BCUT2D eigenvalue weighted by Gasteiger charge is 2.34. The molecule has 23 nitrogen and oxygen atoms in total. The highest BCUT2D eigenvalue weighted by molar-refractivity contribution is 6.04. The van der Waals surface area contributed by atoms with Crippen molar-refractivity contribution >= 4 is 80.1 Å². The number of methoxy groups -OCH3 is 2. The van der Waals surface area contributed by atoms with Crippen LogP contribution in [0.5, 0.6) is 23.3 Å². The van der Waals surface area contributed by atoms with E-state index in [0.29, 0.717) is 104 Å². The molecule has 12 rings (SSSR count). The molecule has 2 aliphatic rings. The Morgan fingerprint density at radius 3 is 1.38 bits per heavy atom. The summed E-state index contributed by atoms with van der Waals surface area (Å²) in [7, 11) is 3.24. The monoisotopic (exact) mass is 1340 g/mol. The maximum Gasteiger partial charge on any atom is 0.416 e. The molecule has 6 N–H and O–H groups in total. The first-order valence-corrected chi connectivity index (χ1v) is 30.5. The number of aromatic carboxylic acids is 1. The third-order valence-corrected chi connectivity index (χ3v) is 15.6. The molecule has 0 unspecified atom stereocenters. The first-order chi connectivity index (χ1) is 46.5. The maximum absolute atomic E-state index is 13.1. The van der Waals surface area contributed by atoms with Crippen molar-refractivity contribution in [3.8, 4) is 23.3 Å². The Morgan fingerprint density at radius 2 is 0.979 bits per heavy atom. The van der Waals surface area contributed by atoms with Crippen molar-refractivity contribution < 1.29 is 69.6 Å². The number of aromatic nitrogens is 8. The van der Waals surface area contributed by atoms with E-state index in [2.05, 4.69) is 35.9 Å². The number of carbonyl (C=O) groups is 4. The minimum absolute atomic E-state index is 0.0724. The molecule has 3 amide bonds. The predicted octanol–water partition coefficient (Wildman–Crippen LogP) is 12.3. The van der Waals surface area contributed by atoms with Gasteiger partial charge in [-0.15, -0.1) is 10.2 Å². The second kappa shape index (κ2) is 30.3. The van der Waals surface area contributed by atoms with Crippen molar-refractivity contribution in [1.82, 2.24) is 49.3 Å². The van der Waals surface area contributed by atoms with Crippen LogP contribution in [-0.2, 0) is 35.0 Å². The molecule has 0 radical (unpaired) electrons. The second-order valence-electron chi connectivity index (χ2n) is 22.2. The molecular formula is C68H66F6N14O9. The first kappa shape index (κ1) is 68.3. The average molecular weight is 1340 g/mol. The van der Waals surface area contributed by atoms with Crippen LogP contribution in [0.1, 0.15) is 82.5 Å². The lowest BCUT2D eigenvalue weighted by Crippen LogP contribution is -2.30. The maximum atomic E-state index is 13.1. The minimum Gasteiger partial charge on any atom is -0.497 e. The highest BCUT2D eigenvalue weighted by Crippen LogP contribution is 2.38. The summed E-state index contributed by atoms with van der Waals surface area (Å²) >= 11 is 0. The number of carboxylic acids is 1. The molecule has 2 atom stereocenters. The van der Waals surface area contributed by atoms with Gasteiger partial charge in [0.05, 0.1) is 68.5 Å². The Labute approximate surface area is 551 Å². The van der Waals surface area contributed by atoms with Gasteiger partial charge in [0.25, 0.3) is 5.91 Å². The molecule has 0 spiro atoms. The van der Waals surface area contributed by atoms with Crippen molar-refractivity contribution in [2.45, 2.75) is 77.2 Å². The molecular weight excluding hydrogens is 1270 g/mol. The number of carboxylic acid groups (broad SMARTS) is 1. The minimum atomic E-state index is -4.56. The zero-order valence-corrected chi connectivity index (χ0v) is 52.8. The number of benzene rings is 4. The van der Waals surface area contributed by atoms with Gasteiger partial charge in [-0.3, -0.25) is 14.4 Å². The highest BCUT2D eigenvalue weighted by atomic mass is 19.4. The summed E-state index contributed by atoms with van der Waals surface area (Å²) in [6.07, 6.45) is -1.68. The Kier molecular flexibility index (Phi) is 21.3. The van der Waals surface area contributed by atoms with Gasteiger partial charge in [-0.1, -0.05) is 38.1 Å². The number of nitrogens with zero attached hydrogens (tertiary/aromatic N) is 10. The smallest absolute Gasteiger partial charge is 0.416 e. The van der Waals surface area contributed by atoms with Gasteiger partial charge in [-0.2, -0.15) is 26.3 Å². The van der Waals surface area contributed by atoms with Gasteiger partial charge in [0.15, 0.2) is 11.3 Å². The number of nitrogens with one attached hydrogen (secondary N) is 3. The van der Waals surface area contributed by atoms with Crippen LogP contribution in [-0.4, -0.2) is 131 Å². The summed E-state index contributed by atoms with van der Waals surface area (Å²) in [5.74, 6) is 0.571. The SMILES string of the molecule is CCC(=O)N1CC[C@@H](Oc2nn(Cc3ccc(OC)cc3)c3nccc(Nc4ccc(C(=O)Nc5cc(C(F)(F)F)ccn5)cc4)c23)C1.CCC(=O)N1CC[C@@H](Oc2nn(Cc3ccc(OC)cc3)c3nccc(Nc4ccc(C(=O)O)cc4)c23)C1.Nc1cc(C(F)(F)F)ccn1. The number of hydrogen-bond acceptors (Lipinski definition) is 17. The third-order valence-electron chi connectivity index (χ3n) is 15.6. The largest absolute Gasteiger partial charge is 0.497 e. The van der Waals surface area contributed by atoms with Crippen LogP contribution in [0.2, 0.25) is 0 Å². The lowest BCUT2D eigenvalue weighted by Gasteiger charge is -2.16. The summed E-state index contributed by atoms with van der Waals surface area (Å²) in [5, 5.41) is 29.3. The number of nitrogens with two attached hydrogens (primary N) is 1.